The highest BCUT2D eigenvalue weighted by Crippen LogP contribution is 2.50. The van der Waals surface area contributed by atoms with Crippen LogP contribution >= 0.6 is 23.2 Å². The number of hydrogen-bond donors (Lipinski definition) is 8. The number of Topliss-reactive ketones (excluding diaryl/α,β-unsaturated/α-hetero) is 2. The normalized spacial score (nSPS) is 28.9. The number of alkyl halides is 2. The SMILES string of the molecule is CO[C@@H]1/C=C\O[C@@]2(C)Oc3c(C)c(O)c4c(c3C2=O)C2=NC3(CCN(CC(C)C)CC3)NC2=C(NC(=O)/C(C)=C\C=C/[C@@H](C)[C@@H](O)[C@H](C)[C@H](O)[C@H](C)[C@H](OC(C)=O)[C@@H]1C)C4=O.O=C(N[C@H](CO)[C@H](O)c1ccc([N+](=O)[O-])cc1)C(Cl)Cl. The molecule has 2 aromatic carbocycles. The Morgan fingerprint density at radius 2 is 1.62 bits per heavy atom. The number of fused-ring (bicyclic) bond motifs is 3. The van der Waals surface area contributed by atoms with Gasteiger partial charge in [0.25, 0.3) is 23.3 Å². The van der Waals surface area contributed by atoms with Gasteiger partial charge >= 0.3 is 11.8 Å². The molecule has 0 aromatic heterocycles. The fourth-order valence-corrected chi connectivity index (χ4v) is 10.9. The number of aromatic hydroxyl groups is 1. The van der Waals surface area contributed by atoms with Gasteiger partial charge in [0, 0.05) is 106 Å². The molecule has 0 radical (unpaired) electrons. The van der Waals surface area contributed by atoms with Crippen molar-refractivity contribution < 1.29 is 73.4 Å². The molecular formula is C57H74Cl2N6O16. The summed E-state index contributed by atoms with van der Waals surface area (Å²) in [6.45, 7) is 19.0. The molecule has 1 spiro atoms. The van der Waals surface area contributed by atoms with E-state index in [1.807, 2.05) is 0 Å². The zero-order chi connectivity index (χ0) is 60.2. The Bertz CT molecular complexity index is 2900. The zero-order valence-corrected chi connectivity index (χ0v) is 48.7. The minimum absolute atomic E-state index is 0.0164. The summed E-state index contributed by atoms with van der Waals surface area (Å²) in [5.74, 6) is -7.54. The maximum Gasteiger partial charge on any atom is 0.312 e. The third kappa shape index (κ3) is 13.8. The molecule has 2 aromatic rings. The summed E-state index contributed by atoms with van der Waals surface area (Å²) in [5, 5.41) is 73.0. The number of carbonyl (C=O) groups excluding carboxylic acids is 5. The van der Waals surface area contributed by atoms with Crippen LogP contribution in [0.1, 0.15) is 119 Å². The standard InChI is InChI=1S/C46H62N4O11.C11H12Cl2N2O5/c1-22(2)21-50-18-16-46(17-19-50)48-34-31-32-39(54)28(8)42-33(31)43(56)45(10,61-42)59-20-15-30(58-11)25(5)41(60-29(9)51)27(7)38(53)26(6)37(52)23(3)13-12-14-24(4)44(57)47-36(40(32)55)35(34)49-46;12-10(13)11(18)14-8(5-16)9(17)6-1-3-7(4-2-6)15(19)20/h12-15,20,22-23,25-27,30,37-38,41,49,52-54H,16-19,21H2,1-11H3,(H,47,57);1-4,8-10,16-17H,5H2,(H,14,18)/b13-12-,20-15-,24-14-;/t23-,25-,26+,27+,30-,37-,38+,41-,45+;8-,9-/m11/s1. The van der Waals surface area contributed by atoms with E-state index in [0.717, 1.165) is 19.6 Å². The topological polar surface area (TPSA) is 318 Å². The van der Waals surface area contributed by atoms with Crippen molar-refractivity contribution in [3.8, 4) is 11.5 Å². The molecule has 0 saturated carbocycles. The number of rotatable bonds is 10. The summed E-state index contributed by atoms with van der Waals surface area (Å²) >= 11 is 10.7. The van der Waals surface area contributed by atoms with Gasteiger partial charge in [0.15, 0.2) is 4.84 Å². The van der Waals surface area contributed by atoms with E-state index < -0.39 is 123 Å². The number of nitro groups is 1. The van der Waals surface area contributed by atoms with E-state index in [2.05, 4.69) is 34.7 Å². The molecule has 5 bridgehead atoms. The van der Waals surface area contributed by atoms with Crippen molar-refractivity contribution in [2.45, 2.75) is 135 Å². The number of carbonyl (C=O) groups is 5. The van der Waals surface area contributed by atoms with E-state index in [1.54, 1.807) is 58.9 Å². The predicted molar refractivity (Wildman–Crippen MR) is 299 cm³/mol. The van der Waals surface area contributed by atoms with Gasteiger partial charge in [-0.05, 0) is 43.5 Å². The lowest BCUT2D eigenvalue weighted by atomic mass is 9.78. The minimum atomic E-state index is -1.97. The molecule has 0 unspecified atom stereocenters. The first-order valence-corrected chi connectivity index (χ1v) is 27.6. The number of esters is 1. The maximum atomic E-state index is 14.7. The molecule has 1 fully saturated rings. The van der Waals surface area contributed by atoms with Gasteiger partial charge in [-0.3, -0.25) is 39.1 Å². The van der Waals surface area contributed by atoms with Crippen LogP contribution in [-0.4, -0.2) is 151 Å². The average molecular weight is 1170 g/mol. The number of nitrogens with one attached hydrogen (secondary N) is 3. The van der Waals surface area contributed by atoms with Crippen molar-refractivity contribution in [3.63, 3.8) is 0 Å². The number of non-ortho nitro benzene ring substituents is 1. The van der Waals surface area contributed by atoms with E-state index in [0.29, 0.717) is 24.3 Å². The van der Waals surface area contributed by atoms with Gasteiger partial charge in [0.1, 0.15) is 35.1 Å². The van der Waals surface area contributed by atoms with Crippen LogP contribution in [0.2, 0.25) is 0 Å². The Morgan fingerprint density at radius 3 is 2.19 bits per heavy atom. The van der Waals surface area contributed by atoms with E-state index in [1.165, 1.54) is 58.4 Å². The first-order chi connectivity index (χ1) is 38.0. The summed E-state index contributed by atoms with van der Waals surface area (Å²) in [6, 6.07) is 4.05. The number of phenols is 1. The largest absolute Gasteiger partial charge is 0.507 e. The van der Waals surface area contributed by atoms with E-state index in [9.17, 15) is 54.5 Å². The lowest BCUT2D eigenvalue weighted by molar-refractivity contribution is -0.384. The van der Waals surface area contributed by atoms with Crippen LogP contribution in [0.25, 0.3) is 0 Å². The van der Waals surface area contributed by atoms with Crippen LogP contribution in [0, 0.1) is 46.6 Å². The Morgan fingerprint density at radius 1 is 0.975 bits per heavy atom. The number of aliphatic imine (C=N–C) groups is 1. The van der Waals surface area contributed by atoms with Gasteiger partial charge in [-0.2, -0.15) is 0 Å². The Labute approximate surface area is 480 Å². The van der Waals surface area contributed by atoms with Crippen LogP contribution in [0.3, 0.4) is 0 Å². The number of allylic oxidation sites excluding steroid dienone is 4. The Balaban J connectivity index is 0.000000446. The monoisotopic (exact) mass is 1170 g/mol. The van der Waals surface area contributed by atoms with Gasteiger partial charge in [0.2, 0.25) is 5.78 Å². The molecule has 8 N–H and O–H groups in total. The van der Waals surface area contributed by atoms with Gasteiger partial charge in [-0.25, -0.2) is 0 Å². The molecule has 4 heterocycles. The highest BCUT2D eigenvalue weighted by Gasteiger charge is 2.54. The molecule has 1 aliphatic carbocycles. The molecule has 4 aliphatic heterocycles. The van der Waals surface area contributed by atoms with E-state index in [4.69, 9.17) is 52.2 Å². The Hall–Kier alpha value is -6.24. The van der Waals surface area contributed by atoms with Crippen molar-refractivity contribution in [3.05, 3.63) is 110 Å². The molecule has 24 heteroatoms. The quantitative estimate of drug-likeness (QED) is 0.0628. The smallest absolute Gasteiger partial charge is 0.312 e. The van der Waals surface area contributed by atoms with E-state index >= 15 is 0 Å². The van der Waals surface area contributed by atoms with Gasteiger partial charge in [-0.1, -0.05) is 83.0 Å². The second-order valence-electron chi connectivity index (χ2n) is 21.9. The molecule has 5 aliphatic rings. The molecular weight excluding hydrogens is 1100 g/mol. The van der Waals surface area contributed by atoms with Crippen molar-refractivity contribution in [1.29, 1.82) is 0 Å². The van der Waals surface area contributed by atoms with Crippen molar-refractivity contribution in [2.75, 3.05) is 33.4 Å². The zero-order valence-electron chi connectivity index (χ0n) is 47.2. The molecule has 7 rings (SSSR count). The van der Waals surface area contributed by atoms with Crippen molar-refractivity contribution in [1.82, 2.24) is 20.9 Å². The number of aliphatic hydroxyl groups is 4. The minimum Gasteiger partial charge on any atom is -0.507 e. The lowest BCUT2D eigenvalue weighted by Gasteiger charge is -2.38. The lowest BCUT2D eigenvalue weighted by Crippen LogP contribution is -2.50. The van der Waals surface area contributed by atoms with Crippen molar-refractivity contribution in [2.24, 2.45) is 34.6 Å². The predicted octanol–water partition coefficient (Wildman–Crippen LogP) is 5.52. The third-order valence-electron chi connectivity index (χ3n) is 15.5. The molecule has 1 saturated heterocycles. The number of nitrogens with zero attached hydrogens (tertiary/aromatic N) is 3. The Kier molecular flexibility index (Phi) is 20.8. The summed E-state index contributed by atoms with van der Waals surface area (Å²) in [6.07, 6.45) is 3.80. The fraction of sp³-hybridized carbons (Fsp3) is 0.544. The summed E-state index contributed by atoms with van der Waals surface area (Å²) in [7, 11) is 1.46. The second-order valence-corrected chi connectivity index (χ2v) is 23.0. The molecule has 22 nitrogen and oxygen atoms in total. The van der Waals surface area contributed by atoms with Crippen LogP contribution in [0.5, 0.6) is 11.5 Å². The highest BCUT2D eigenvalue weighted by molar-refractivity contribution is 6.53. The van der Waals surface area contributed by atoms with Gasteiger partial charge in [0.05, 0.1) is 64.7 Å². The second kappa shape index (κ2) is 26.3. The summed E-state index contributed by atoms with van der Waals surface area (Å²) in [4.78, 5) is 83.2. The number of ketones is 2. The third-order valence-corrected chi connectivity index (χ3v) is 15.9. The van der Waals surface area contributed by atoms with Gasteiger partial charge in [-0.15, -0.1) is 0 Å². The molecule has 2 amide bonds. The summed E-state index contributed by atoms with van der Waals surface area (Å²) in [5.41, 5.74) is -0.0223. The van der Waals surface area contributed by atoms with Crippen LogP contribution in [-0.2, 0) is 28.6 Å². The highest BCUT2D eigenvalue weighted by atomic mass is 35.5. The average Bonchev–Trinajstić information content (AvgIpc) is 3.43. The number of ether oxygens (including phenoxy) is 4. The number of methoxy groups -OCH3 is 1. The number of likely N-dealkylation sites (tertiary alicyclic amines) is 1. The first kappa shape index (κ1) is 63.9. The number of halogens is 2. The van der Waals surface area contributed by atoms with E-state index in [-0.39, 0.29) is 56.4 Å². The molecule has 81 heavy (non-hydrogen) atoms. The molecule has 11 atom stereocenters. The number of benzene rings is 2. The fourth-order valence-electron chi connectivity index (χ4n) is 10.8. The number of piperidine rings is 1. The van der Waals surface area contributed by atoms with Gasteiger partial charge < -0.3 is 65.3 Å². The van der Waals surface area contributed by atoms with Crippen LogP contribution in [0.4, 0.5) is 5.69 Å². The maximum absolute atomic E-state index is 14.7. The summed E-state index contributed by atoms with van der Waals surface area (Å²) < 4.78 is 24.0. The molecule has 442 valence electrons. The van der Waals surface area contributed by atoms with Crippen molar-refractivity contribution >= 4 is 64.0 Å². The number of amides is 2. The first-order valence-electron chi connectivity index (χ1n) is 26.7. The van der Waals surface area contributed by atoms with Crippen LogP contribution in [0.15, 0.2) is 76.8 Å². The number of hydrogen-bond acceptors (Lipinski definition) is 19. The number of phenolic OH excluding ortho intramolecular Hbond substituents is 1. The number of aliphatic hydroxyl groups excluding tert-OH is 4. The number of nitro benzene ring substituents is 1. The van der Waals surface area contributed by atoms with Crippen LogP contribution < -0.4 is 20.7 Å².